The van der Waals surface area contributed by atoms with E-state index in [9.17, 15) is 5.11 Å². The predicted molar refractivity (Wildman–Crippen MR) is 92.6 cm³/mol. The highest BCUT2D eigenvalue weighted by Gasteiger charge is 2.28. The Morgan fingerprint density at radius 1 is 0.913 bits per heavy atom. The molecule has 0 aliphatic carbocycles. The SMILES string of the molecule is CC(C)(O)c1c(/C=C/c2ccccc2)noc1-c1ccccc1. The van der Waals surface area contributed by atoms with Crippen LogP contribution in [0.2, 0.25) is 0 Å². The summed E-state index contributed by atoms with van der Waals surface area (Å²) < 4.78 is 5.54. The lowest BCUT2D eigenvalue weighted by molar-refractivity contribution is 0.0785. The molecule has 0 radical (unpaired) electrons. The van der Waals surface area contributed by atoms with Crippen LogP contribution in [0.4, 0.5) is 0 Å². The number of rotatable bonds is 4. The third-order valence-electron chi connectivity index (χ3n) is 3.60. The largest absolute Gasteiger partial charge is 0.386 e. The van der Waals surface area contributed by atoms with Crippen molar-refractivity contribution in [2.24, 2.45) is 0 Å². The van der Waals surface area contributed by atoms with Crippen molar-refractivity contribution in [3.63, 3.8) is 0 Å². The number of nitrogens with zero attached hydrogens (tertiary/aromatic N) is 1. The van der Waals surface area contributed by atoms with Gasteiger partial charge in [-0.05, 0) is 25.5 Å². The molecule has 23 heavy (non-hydrogen) atoms. The van der Waals surface area contributed by atoms with Crippen LogP contribution >= 0.6 is 0 Å². The number of hydrogen-bond acceptors (Lipinski definition) is 3. The van der Waals surface area contributed by atoms with Gasteiger partial charge in [-0.2, -0.15) is 0 Å². The minimum absolute atomic E-state index is 0.603. The van der Waals surface area contributed by atoms with Gasteiger partial charge >= 0.3 is 0 Å². The molecule has 3 nitrogen and oxygen atoms in total. The van der Waals surface area contributed by atoms with Crippen LogP contribution in [0.1, 0.15) is 30.7 Å². The van der Waals surface area contributed by atoms with Crippen molar-refractivity contribution in [3.8, 4) is 11.3 Å². The van der Waals surface area contributed by atoms with Crippen molar-refractivity contribution in [2.45, 2.75) is 19.4 Å². The van der Waals surface area contributed by atoms with Crippen molar-refractivity contribution >= 4 is 12.2 Å². The molecule has 3 aromatic rings. The Morgan fingerprint density at radius 2 is 1.52 bits per heavy atom. The van der Waals surface area contributed by atoms with Crippen LogP contribution in [0.25, 0.3) is 23.5 Å². The van der Waals surface area contributed by atoms with E-state index in [4.69, 9.17) is 4.52 Å². The molecule has 0 unspecified atom stereocenters. The average molecular weight is 305 g/mol. The van der Waals surface area contributed by atoms with Crippen LogP contribution in [0, 0.1) is 0 Å². The highest BCUT2D eigenvalue weighted by molar-refractivity contribution is 5.74. The van der Waals surface area contributed by atoms with Gasteiger partial charge in [0.2, 0.25) is 0 Å². The number of aromatic nitrogens is 1. The second kappa shape index (κ2) is 6.23. The van der Waals surface area contributed by atoms with Gasteiger partial charge in [0.25, 0.3) is 0 Å². The smallest absolute Gasteiger partial charge is 0.173 e. The van der Waals surface area contributed by atoms with E-state index >= 15 is 0 Å². The molecule has 1 heterocycles. The monoisotopic (exact) mass is 305 g/mol. The summed E-state index contributed by atoms with van der Waals surface area (Å²) in [6, 6.07) is 19.7. The van der Waals surface area contributed by atoms with Gasteiger partial charge in [-0.25, -0.2) is 0 Å². The Kier molecular flexibility index (Phi) is 4.13. The summed E-state index contributed by atoms with van der Waals surface area (Å²) in [6.07, 6.45) is 3.83. The Morgan fingerprint density at radius 3 is 2.13 bits per heavy atom. The molecule has 0 aliphatic heterocycles. The first-order chi connectivity index (χ1) is 11.1. The van der Waals surface area contributed by atoms with Crippen LogP contribution < -0.4 is 0 Å². The van der Waals surface area contributed by atoms with Crippen molar-refractivity contribution in [2.75, 3.05) is 0 Å². The molecule has 3 heteroatoms. The lowest BCUT2D eigenvalue weighted by atomic mass is 9.93. The number of benzene rings is 2. The first-order valence-electron chi connectivity index (χ1n) is 7.57. The first kappa shape index (κ1) is 15.3. The zero-order valence-corrected chi connectivity index (χ0v) is 13.2. The Labute approximate surface area is 135 Å². The highest BCUT2D eigenvalue weighted by Crippen LogP contribution is 2.35. The molecule has 0 saturated heterocycles. The predicted octanol–water partition coefficient (Wildman–Crippen LogP) is 4.74. The lowest BCUT2D eigenvalue weighted by Crippen LogP contribution is -2.17. The summed E-state index contributed by atoms with van der Waals surface area (Å²) in [4.78, 5) is 0. The molecule has 0 aliphatic rings. The second-order valence-corrected chi connectivity index (χ2v) is 5.94. The quantitative estimate of drug-likeness (QED) is 0.757. The van der Waals surface area contributed by atoms with Crippen LogP contribution in [0.15, 0.2) is 65.2 Å². The van der Waals surface area contributed by atoms with Crippen molar-refractivity contribution in [1.82, 2.24) is 5.16 Å². The van der Waals surface area contributed by atoms with Gasteiger partial charge in [-0.3, -0.25) is 0 Å². The Balaban J connectivity index is 2.05. The maximum atomic E-state index is 10.6. The van der Waals surface area contributed by atoms with E-state index in [2.05, 4.69) is 5.16 Å². The summed E-state index contributed by atoms with van der Waals surface area (Å²) in [5.74, 6) is 0.603. The lowest BCUT2D eigenvalue weighted by Gasteiger charge is -2.17. The van der Waals surface area contributed by atoms with Crippen LogP contribution in [-0.4, -0.2) is 10.3 Å². The van der Waals surface area contributed by atoms with E-state index in [1.165, 1.54) is 0 Å². The fourth-order valence-electron chi connectivity index (χ4n) is 2.53. The molecule has 116 valence electrons. The van der Waals surface area contributed by atoms with Gasteiger partial charge in [0.15, 0.2) is 5.76 Å². The molecule has 0 saturated carbocycles. The molecular formula is C20H19NO2. The van der Waals surface area contributed by atoms with Gasteiger partial charge in [0.1, 0.15) is 5.69 Å². The molecule has 0 spiro atoms. The Hall–Kier alpha value is -2.65. The topological polar surface area (TPSA) is 46.3 Å². The maximum Gasteiger partial charge on any atom is 0.173 e. The van der Waals surface area contributed by atoms with Crippen molar-refractivity contribution in [3.05, 3.63) is 77.5 Å². The molecule has 3 rings (SSSR count). The van der Waals surface area contributed by atoms with Crippen LogP contribution in [0.5, 0.6) is 0 Å². The summed E-state index contributed by atoms with van der Waals surface area (Å²) in [7, 11) is 0. The van der Waals surface area contributed by atoms with Gasteiger partial charge < -0.3 is 9.63 Å². The molecule has 1 aromatic heterocycles. The second-order valence-electron chi connectivity index (χ2n) is 5.94. The summed E-state index contributed by atoms with van der Waals surface area (Å²) >= 11 is 0. The van der Waals surface area contributed by atoms with E-state index in [-0.39, 0.29) is 0 Å². The maximum absolute atomic E-state index is 10.6. The van der Waals surface area contributed by atoms with E-state index in [1.807, 2.05) is 72.8 Å². The fraction of sp³-hybridized carbons (Fsp3) is 0.150. The van der Waals surface area contributed by atoms with Gasteiger partial charge in [0, 0.05) is 5.56 Å². The van der Waals surface area contributed by atoms with E-state index in [0.717, 1.165) is 11.1 Å². The third-order valence-corrected chi connectivity index (χ3v) is 3.60. The molecule has 2 aromatic carbocycles. The first-order valence-corrected chi connectivity index (χ1v) is 7.57. The number of aliphatic hydroxyl groups is 1. The van der Waals surface area contributed by atoms with E-state index in [1.54, 1.807) is 13.8 Å². The molecule has 0 bridgehead atoms. The van der Waals surface area contributed by atoms with E-state index in [0.29, 0.717) is 17.0 Å². The number of hydrogen-bond donors (Lipinski definition) is 1. The fourth-order valence-corrected chi connectivity index (χ4v) is 2.53. The van der Waals surface area contributed by atoms with Crippen LogP contribution in [0.3, 0.4) is 0 Å². The Bertz CT molecular complexity index is 797. The average Bonchev–Trinajstić information content (AvgIpc) is 2.99. The molecule has 0 amide bonds. The summed E-state index contributed by atoms with van der Waals surface area (Å²) in [6.45, 7) is 3.48. The van der Waals surface area contributed by atoms with Gasteiger partial charge in [0.05, 0.1) is 11.2 Å². The standard InChI is InChI=1S/C20H19NO2/c1-20(2,22)18-17(14-13-15-9-5-3-6-10-15)21-23-19(18)16-11-7-4-8-12-16/h3-14,22H,1-2H3/b14-13+. The molecule has 1 N–H and O–H groups in total. The minimum Gasteiger partial charge on any atom is -0.386 e. The summed E-state index contributed by atoms with van der Waals surface area (Å²) in [5.41, 5.74) is 2.24. The summed E-state index contributed by atoms with van der Waals surface area (Å²) in [5, 5.41) is 14.7. The van der Waals surface area contributed by atoms with Crippen molar-refractivity contribution < 1.29 is 9.63 Å². The van der Waals surface area contributed by atoms with E-state index < -0.39 is 5.60 Å². The van der Waals surface area contributed by atoms with Crippen LogP contribution in [-0.2, 0) is 5.60 Å². The molecule has 0 atom stereocenters. The molecule has 0 fully saturated rings. The minimum atomic E-state index is -1.05. The third kappa shape index (κ3) is 3.41. The van der Waals surface area contributed by atoms with Crippen molar-refractivity contribution in [1.29, 1.82) is 0 Å². The van der Waals surface area contributed by atoms with Gasteiger partial charge in [-0.1, -0.05) is 71.9 Å². The van der Waals surface area contributed by atoms with Gasteiger partial charge in [-0.15, -0.1) is 0 Å². The normalized spacial score (nSPS) is 12.0. The molecular weight excluding hydrogens is 286 g/mol. The highest BCUT2D eigenvalue weighted by atomic mass is 16.5. The zero-order valence-electron chi connectivity index (χ0n) is 13.2. The zero-order chi connectivity index (χ0) is 16.3.